The SMILES string of the molecule is CCOC(=O)C1=C(CN2CCN(C(=O)c3ccc(F)cc3)C(C)C2)N(C)C(=O)NC1c1cccc(F)c1. The Kier molecular flexibility index (Phi) is 7.87. The Bertz CT molecular complexity index is 1220. The van der Waals surface area contributed by atoms with Crippen LogP contribution in [0.25, 0.3) is 0 Å². The first-order chi connectivity index (χ1) is 17.7. The number of benzene rings is 2. The molecule has 2 heterocycles. The van der Waals surface area contributed by atoms with Crippen LogP contribution in [0.4, 0.5) is 13.6 Å². The molecule has 37 heavy (non-hydrogen) atoms. The molecule has 1 saturated heterocycles. The largest absolute Gasteiger partial charge is 0.463 e. The summed E-state index contributed by atoms with van der Waals surface area (Å²) >= 11 is 0. The van der Waals surface area contributed by atoms with Gasteiger partial charge in [-0.2, -0.15) is 0 Å². The topological polar surface area (TPSA) is 82.2 Å². The number of hydrogen-bond donors (Lipinski definition) is 1. The van der Waals surface area contributed by atoms with Crippen LogP contribution in [0.3, 0.4) is 0 Å². The zero-order valence-electron chi connectivity index (χ0n) is 21.0. The van der Waals surface area contributed by atoms with E-state index < -0.39 is 29.7 Å². The predicted octanol–water partition coefficient (Wildman–Crippen LogP) is 3.32. The molecule has 2 aromatic carbocycles. The van der Waals surface area contributed by atoms with Crippen molar-refractivity contribution in [3.8, 4) is 0 Å². The molecule has 0 aromatic heterocycles. The number of rotatable bonds is 6. The minimum Gasteiger partial charge on any atom is -0.463 e. The highest BCUT2D eigenvalue weighted by atomic mass is 19.1. The zero-order chi connectivity index (χ0) is 26.7. The molecule has 10 heteroatoms. The number of nitrogens with one attached hydrogen (secondary N) is 1. The number of carbonyl (C=O) groups excluding carboxylic acids is 3. The van der Waals surface area contributed by atoms with E-state index in [-0.39, 0.29) is 30.7 Å². The second-order valence-corrected chi connectivity index (χ2v) is 9.17. The van der Waals surface area contributed by atoms with Crippen LogP contribution in [-0.4, -0.2) is 78.5 Å². The number of ether oxygens (including phenoxy) is 1. The molecule has 0 spiro atoms. The highest BCUT2D eigenvalue weighted by Crippen LogP contribution is 2.32. The van der Waals surface area contributed by atoms with Gasteiger partial charge in [-0.05, 0) is 55.8 Å². The van der Waals surface area contributed by atoms with Crippen molar-refractivity contribution < 1.29 is 27.9 Å². The zero-order valence-corrected chi connectivity index (χ0v) is 21.0. The van der Waals surface area contributed by atoms with Crippen LogP contribution < -0.4 is 5.32 Å². The molecular weight excluding hydrogens is 482 g/mol. The van der Waals surface area contributed by atoms with Crippen molar-refractivity contribution in [2.75, 3.05) is 39.8 Å². The molecule has 1 fully saturated rings. The van der Waals surface area contributed by atoms with Gasteiger partial charge >= 0.3 is 12.0 Å². The maximum absolute atomic E-state index is 14.0. The fraction of sp³-hybridized carbons (Fsp3) is 0.370. The normalized spacial score (nSPS) is 20.6. The van der Waals surface area contributed by atoms with Crippen LogP contribution >= 0.6 is 0 Å². The monoisotopic (exact) mass is 512 g/mol. The van der Waals surface area contributed by atoms with E-state index in [4.69, 9.17) is 4.74 Å². The van der Waals surface area contributed by atoms with E-state index in [1.165, 1.54) is 47.4 Å². The van der Waals surface area contributed by atoms with Gasteiger partial charge in [-0.1, -0.05) is 12.1 Å². The molecule has 0 aliphatic carbocycles. The fourth-order valence-electron chi connectivity index (χ4n) is 4.78. The Labute approximate surface area is 214 Å². The summed E-state index contributed by atoms with van der Waals surface area (Å²) in [4.78, 5) is 44.1. The van der Waals surface area contributed by atoms with Gasteiger partial charge in [0.15, 0.2) is 0 Å². The molecule has 196 valence electrons. The van der Waals surface area contributed by atoms with Crippen LogP contribution in [0.2, 0.25) is 0 Å². The Morgan fingerprint density at radius 3 is 2.46 bits per heavy atom. The van der Waals surface area contributed by atoms with E-state index in [0.29, 0.717) is 36.5 Å². The minimum atomic E-state index is -0.868. The molecule has 4 rings (SSSR count). The van der Waals surface area contributed by atoms with E-state index in [0.717, 1.165) is 0 Å². The van der Waals surface area contributed by atoms with Crippen molar-refractivity contribution >= 4 is 17.9 Å². The number of nitrogens with zero attached hydrogens (tertiary/aromatic N) is 3. The third-order valence-electron chi connectivity index (χ3n) is 6.69. The quantitative estimate of drug-likeness (QED) is 0.601. The van der Waals surface area contributed by atoms with Gasteiger partial charge in [0, 0.05) is 50.5 Å². The lowest BCUT2D eigenvalue weighted by Gasteiger charge is -2.42. The van der Waals surface area contributed by atoms with Gasteiger partial charge < -0.3 is 15.0 Å². The molecule has 0 radical (unpaired) electrons. The van der Waals surface area contributed by atoms with Gasteiger partial charge in [0.25, 0.3) is 5.91 Å². The molecule has 2 aliphatic heterocycles. The maximum Gasteiger partial charge on any atom is 0.338 e. The summed E-state index contributed by atoms with van der Waals surface area (Å²) in [7, 11) is 1.57. The van der Waals surface area contributed by atoms with Crippen molar-refractivity contribution in [2.24, 2.45) is 0 Å². The average molecular weight is 513 g/mol. The summed E-state index contributed by atoms with van der Waals surface area (Å²) in [5, 5.41) is 2.78. The Hall–Kier alpha value is -3.79. The minimum absolute atomic E-state index is 0.143. The second-order valence-electron chi connectivity index (χ2n) is 9.17. The first-order valence-electron chi connectivity index (χ1n) is 12.2. The number of piperazine rings is 1. The first-order valence-corrected chi connectivity index (χ1v) is 12.2. The number of carbonyl (C=O) groups is 3. The van der Waals surface area contributed by atoms with Gasteiger partial charge in [0.2, 0.25) is 0 Å². The Morgan fingerprint density at radius 1 is 1.08 bits per heavy atom. The molecule has 0 saturated carbocycles. The van der Waals surface area contributed by atoms with Crippen LogP contribution in [0.5, 0.6) is 0 Å². The van der Waals surface area contributed by atoms with Crippen LogP contribution in [0, 0.1) is 11.6 Å². The van der Waals surface area contributed by atoms with Crippen molar-refractivity contribution in [3.05, 3.63) is 82.6 Å². The third kappa shape index (κ3) is 5.64. The molecular formula is C27H30F2N4O4. The molecule has 2 aromatic rings. The number of hydrogen-bond acceptors (Lipinski definition) is 5. The number of urea groups is 1. The van der Waals surface area contributed by atoms with E-state index in [1.54, 1.807) is 24.9 Å². The van der Waals surface area contributed by atoms with E-state index >= 15 is 0 Å². The highest BCUT2D eigenvalue weighted by molar-refractivity contribution is 5.95. The molecule has 2 unspecified atom stereocenters. The highest BCUT2D eigenvalue weighted by Gasteiger charge is 2.38. The molecule has 1 N–H and O–H groups in total. The second kappa shape index (κ2) is 11.1. The fourth-order valence-corrected chi connectivity index (χ4v) is 4.78. The number of likely N-dealkylation sites (N-methyl/N-ethyl adjacent to an activating group) is 1. The average Bonchev–Trinajstić information content (AvgIpc) is 2.87. The lowest BCUT2D eigenvalue weighted by molar-refractivity contribution is -0.139. The summed E-state index contributed by atoms with van der Waals surface area (Å²) in [6, 6.07) is 9.76. The standard InChI is InChI=1S/C27H30F2N4O4/c1-4-37-26(35)23-22(31(3)27(36)30-24(23)19-6-5-7-21(29)14-19)16-32-12-13-33(17(2)15-32)25(34)18-8-10-20(28)11-9-18/h5-11,14,17,24H,4,12-13,15-16H2,1-3H3,(H,30,36). The van der Waals surface area contributed by atoms with Gasteiger partial charge in [-0.25, -0.2) is 18.4 Å². The Balaban J connectivity index is 1.59. The lowest BCUT2D eigenvalue weighted by Crippen LogP contribution is -2.56. The number of esters is 1. The number of halogens is 2. The van der Waals surface area contributed by atoms with Crippen molar-refractivity contribution in [1.29, 1.82) is 0 Å². The molecule has 3 amide bonds. The molecule has 8 nitrogen and oxygen atoms in total. The van der Waals surface area contributed by atoms with Gasteiger partial charge in [-0.3, -0.25) is 14.6 Å². The maximum atomic E-state index is 14.0. The van der Waals surface area contributed by atoms with Crippen LogP contribution in [0.15, 0.2) is 59.8 Å². The molecule has 0 bridgehead atoms. The summed E-state index contributed by atoms with van der Waals surface area (Å²) in [5.74, 6) is -1.65. The summed E-state index contributed by atoms with van der Waals surface area (Å²) < 4.78 is 32.6. The van der Waals surface area contributed by atoms with Gasteiger partial charge in [0.05, 0.1) is 18.2 Å². The van der Waals surface area contributed by atoms with E-state index in [1.807, 2.05) is 6.92 Å². The van der Waals surface area contributed by atoms with E-state index in [2.05, 4.69) is 10.2 Å². The Morgan fingerprint density at radius 2 is 1.81 bits per heavy atom. The van der Waals surface area contributed by atoms with Gasteiger partial charge in [0.1, 0.15) is 11.6 Å². The van der Waals surface area contributed by atoms with Crippen LogP contribution in [-0.2, 0) is 9.53 Å². The summed E-state index contributed by atoms with van der Waals surface area (Å²) in [6.07, 6.45) is 0. The summed E-state index contributed by atoms with van der Waals surface area (Å²) in [5.41, 5.74) is 1.55. The van der Waals surface area contributed by atoms with Crippen molar-refractivity contribution in [1.82, 2.24) is 20.0 Å². The van der Waals surface area contributed by atoms with E-state index in [9.17, 15) is 23.2 Å². The smallest absolute Gasteiger partial charge is 0.338 e. The van der Waals surface area contributed by atoms with Crippen molar-refractivity contribution in [2.45, 2.75) is 25.9 Å². The third-order valence-corrected chi connectivity index (χ3v) is 6.69. The van der Waals surface area contributed by atoms with Crippen molar-refractivity contribution in [3.63, 3.8) is 0 Å². The predicted molar refractivity (Wildman–Crippen MR) is 132 cm³/mol. The number of amides is 3. The summed E-state index contributed by atoms with van der Waals surface area (Å²) in [6.45, 7) is 5.42. The first kappa shape index (κ1) is 26.3. The molecule has 2 atom stereocenters. The van der Waals surface area contributed by atoms with Crippen LogP contribution in [0.1, 0.15) is 35.8 Å². The molecule has 2 aliphatic rings. The lowest BCUT2D eigenvalue weighted by atomic mass is 9.94. The van der Waals surface area contributed by atoms with Gasteiger partial charge in [-0.15, -0.1) is 0 Å².